The van der Waals surface area contributed by atoms with Gasteiger partial charge in [0, 0.05) is 12.4 Å². The lowest BCUT2D eigenvalue weighted by atomic mass is 10.2. The maximum absolute atomic E-state index is 12.3. The van der Waals surface area contributed by atoms with Crippen molar-refractivity contribution in [1.29, 1.82) is 0 Å². The van der Waals surface area contributed by atoms with Gasteiger partial charge in [-0.25, -0.2) is 9.78 Å². The lowest BCUT2D eigenvalue weighted by Gasteiger charge is -2.05. The summed E-state index contributed by atoms with van der Waals surface area (Å²) >= 11 is 5.74. The van der Waals surface area contributed by atoms with Gasteiger partial charge in [0.1, 0.15) is 5.65 Å². The molecule has 0 spiro atoms. The summed E-state index contributed by atoms with van der Waals surface area (Å²) < 4.78 is 3.18. The molecule has 0 saturated heterocycles. The summed E-state index contributed by atoms with van der Waals surface area (Å²) in [6.45, 7) is 0.546. The predicted molar refractivity (Wildman–Crippen MR) is 74.6 cm³/mol. The van der Waals surface area contributed by atoms with Crippen molar-refractivity contribution >= 4 is 17.2 Å². The van der Waals surface area contributed by atoms with Crippen LogP contribution in [0.1, 0.15) is 11.3 Å². The molecule has 0 N–H and O–H groups in total. The van der Waals surface area contributed by atoms with E-state index in [2.05, 4.69) is 4.98 Å². The van der Waals surface area contributed by atoms with Crippen LogP contribution >= 0.6 is 11.6 Å². The van der Waals surface area contributed by atoms with Crippen molar-refractivity contribution in [1.82, 2.24) is 14.0 Å². The Morgan fingerprint density at radius 1 is 1.16 bits per heavy atom. The van der Waals surface area contributed by atoms with E-state index in [0.717, 1.165) is 5.56 Å². The minimum absolute atomic E-state index is 0.106. The first-order valence-corrected chi connectivity index (χ1v) is 6.49. The molecule has 0 aliphatic heterocycles. The van der Waals surface area contributed by atoms with Gasteiger partial charge in [0.15, 0.2) is 0 Å². The highest BCUT2D eigenvalue weighted by Crippen LogP contribution is 2.05. The number of alkyl halides is 1. The molecule has 2 heterocycles. The zero-order valence-electron chi connectivity index (χ0n) is 10.2. The quantitative estimate of drug-likeness (QED) is 0.687. The van der Waals surface area contributed by atoms with Crippen molar-refractivity contribution in [3.05, 3.63) is 70.5 Å². The number of halogens is 1. The van der Waals surface area contributed by atoms with Gasteiger partial charge >= 0.3 is 5.69 Å². The summed E-state index contributed by atoms with van der Waals surface area (Å²) in [6, 6.07) is 11.7. The zero-order valence-corrected chi connectivity index (χ0v) is 10.9. The van der Waals surface area contributed by atoms with Crippen molar-refractivity contribution in [2.75, 3.05) is 0 Å². The lowest BCUT2D eigenvalue weighted by molar-refractivity contribution is 0.714. The van der Waals surface area contributed by atoms with Crippen molar-refractivity contribution in [2.45, 2.75) is 12.4 Å². The van der Waals surface area contributed by atoms with E-state index in [0.29, 0.717) is 23.8 Å². The average Bonchev–Trinajstić information content (AvgIpc) is 2.87. The molecule has 19 heavy (non-hydrogen) atoms. The van der Waals surface area contributed by atoms with E-state index in [1.165, 1.54) is 4.40 Å². The topological polar surface area (TPSA) is 39.3 Å². The molecule has 3 rings (SSSR count). The van der Waals surface area contributed by atoms with Gasteiger partial charge in [0.25, 0.3) is 0 Å². The summed E-state index contributed by atoms with van der Waals surface area (Å²) in [7, 11) is 0. The fraction of sp³-hybridized carbons (Fsp3) is 0.143. The summed E-state index contributed by atoms with van der Waals surface area (Å²) in [4.78, 5) is 16.6. The Balaban J connectivity index is 2.05. The highest BCUT2D eigenvalue weighted by atomic mass is 35.5. The SMILES string of the molecule is O=c1n(Cc2ccccc2)ccc2nc(CCl)cn12. The summed E-state index contributed by atoms with van der Waals surface area (Å²) in [5.41, 5.74) is 2.31. The Morgan fingerprint density at radius 2 is 1.95 bits per heavy atom. The van der Waals surface area contributed by atoms with Gasteiger partial charge in [-0.05, 0) is 11.6 Å². The Morgan fingerprint density at radius 3 is 2.68 bits per heavy atom. The smallest absolute Gasteiger partial charge is 0.296 e. The third-order valence-corrected chi connectivity index (χ3v) is 3.24. The molecule has 96 valence electrons. The number of fused-ring (bicyclic) bond motifs is 1. The van der Waals surface area contributed by atoms with Crippen molar-refractivity contribution < 1.29 is 0 Å². The second kappa shape index (κ2) is 4.90. The number of hydrogen-bond acceptors (Lipinski definition) is 2. The Bertz CT molecular complexity index is 761. The second-order valence-electron chi connectivity index (χ2n) is 4.31. The van der Waals surface area contributed by atoms with Crippen LogP contribution in [0.2, 0.25) is 0 Å². The third-order valence-electron chi connectivity index (χ3n) is 2.97. The molecule has 0 aliphatic rings. The Kier molecular flexibility index (Phi) is 3.09. The number of imidazole rings is 1. The summed E-state index contributed by atoms with van der Waals surface area (Å²) in [5.74, 6) is 0.305. The van der Waals surface area contributed by atoms with Crippen LogP contribution in [0.3, 0.4) is 0 Å². The molecule has 1 aromatic carbocycles. The van der Waals surface area contributed by atoms with Gasteiger partial charge < -0.3 is 0 Å². The summed E-state index contributed by atoms with van der Waals surface area (Å²) in [6.07, 6.45) is 3.45. The van der Waals surface area contributed by atoms with Crippen LogP contribution in [-0.2, 0) is 12.4 Å². The minimum atomic E-state index is -0.106. The molecule has 0 atom stereocenters. The predicted octanol–water partition coefficient (Wildman–Crippen LogP) is 2.28. The van der Waals surface area contributed by atoms with E-state index in [1.807, 2.05) is 36.4 Å². The maximum Gasteiger partial charge on any atom is 0.334 e. The molecule has 0 aliphatic carbocycles. The molecule has 0 unspecified atom stereocenters. The van der Waals surface area contributed by atoms with Gasteiger partial charge in [-0.3, -0.25) is 8.97 Å². The van der Waals surface area contributed by atoms with E-state index < -0.39 is 0 Å². The van der Waals surface area contributed by atoms with Crippen molar-refractivity contribution in [3.8, 4) is 0 Å². The van der Waals surface area contributed by atoms with E-state index in [4.69, 9.17) is 11.6 Å². The van der Waals surface area contributed by atoms with E-state index in [-0.39, 0.29) is 5.69 Å². The van der Waals surface area contributed by atoms with E-state index >= 15 is 0 Å². The summed E-state index contributed by atoms with van der Waals surface area (Å²) in [5, 5.41) is 0. The molecule has 0 bridgehead atoms. The second-order valence-corrected chi connectivity index (χ2v) is 4.57. The molecule has 4 nitrogen and oxygen atoms in total. The fourth-order valence-electron chi connectivity index (χ4n) is 2.04. The molecule has 0 amide bonds. The van der Waals surface area contributed by atoms with Gasteiger partial charge in [-0.15, -0.1) is 11.6 Å². The van der Waals surface area contributed by atoms with Gasteiger partial charge in [-0.2, -0.15) is 0 Å². The van der Waals surface area contributed by atoms with E-state index in [1.54, 1.807) is 17.0 Å². The van der Waals surface area contributed by atoms with Crippen LogP contribution in [0.15, 0.2) is 53.6 Å². The Hall–Kier alpha value is -2.07. The fourth-order valence-corrected chi connectivity index (χ4v) is 2.17. The van der Waals surface area contributed by atoms with Crippen molar-refractivity contribution in [3.63, 3.8) is 0 Å². The van der Waals surface area contributed by atoms with Crippen LogP contribution in [0.25, 0.3) is 5.65 Å². The Labute approximate surface area is 114 Å². The number of nitrogens with zero attached hydrogens (tertiary/aromatic N) is 3. The van der Waals surface area contributed by atoms with Gasteiger partial charge in [-0.1, -0.05) is 30.3 Å². The number of benzene rings is 1. The molecule has 5 heteroatoms. The molecule has 3 aromatic rings. The van der Waals surface area contributed by atoms with Gasteiger partial charge in [0.2, 0.25) is 0 Å². The highest BCUT2D eigenvalue weighted by Gasteiger charge is 2.06. The van der Waals surface area contributed by atoms with Crippen LogP contribution in [0, 0.1) is 0 Å². The number of hydrogen-bond donors (Lipinski definition) is 0. The minimum Gasteiger partial charge on any atom is -0.296 e. The largest absolute Gasteiger partial charge is 0.334 e. The third kappa shape index (κ3) is 2.27. The van der Waals surface area contributed by atoms with Crippen molar-refractivity contribution in [2.24, 2.45) is 0 Å². The highest BCUT2D eigenvalue weighted by molar-refractivity contribution is 6.16. The zero-order chi connectivity index (χ0) is 13.2. The first-order chi connectivity index (χ1) is 9.28. The van der Waals surface area contributed by atoms with Crippen LogP contribution in [0.4, 0.5) is 0 Å². The average molecular weight is 274 g/mol. The van der Waals surface area contributed by atoms with Crippen LogP contribution in [0.5, 0.6) is 0 Å². The monoisotopic (exact) mass is 273 g/mol. The van der Waals surface area contributed by atoms with Crippen LogP contribution in [-0.4, -0.2) is 14.0 Å². The number of aromatic nitrogens is 3. The molecule has 0 radical (unpaired) electrons. The molecule has 2 aromatic heterocycles. The van der Waals surface area contributed by atoms with Crippen LogP contribution < -0.4 is 5.69 Å². The van der Waals surface area contributed by atoms with Gasteiger partial charge in [0.05, 0.1) is 18.1 Å². The number of rotatable bonds is 3. The molecular formula is C14H12ClN3O. The molecule has 0 fully saturated rings. The first-order valence-electron chi connectivity index (χ1n) is 5.95. The standard InChI is InChI=1S/C14H12ClN3O/c15-8-12-10-18-13(16-12)6-7-17(14(18)19)9-11-4-2-1-3-5-11/h1-7,10H,8-9H2. The first kappa shape index (κ1) is 12.0. The molecule has 0 saturated carbocycles. The van der Waals surface area contributed by atoms with E-state index in [9.17, 15) is 4.79 Å². The lowest BCUT2D eigenvalue weighted by Crippen LogP contribution is -2.25. The normalized spacial score (nSPS) is 11.0. The molecular weight excluding hydrogens is 262 g/mol. The maximum atomic E-state index is 12.3.